The molecule has 0 radical (unpaired) electrons. The smallest absolute Gasteiger partial charge is 0.244 e. The summed E-state index contributed by atoms with van der Waals surface area (Å²) >= 11 is 0. The van der Waals surface area contributed by atoms with E-state index in [2.05, 4.69) is 5.32 Å². The third-order valence-corrected chi connectivity index (χ3v) is 2.80. The van der Waals surface area contributed by atoms with Crippen LogP contribution in [0.1, 0.15) is 32.3 Å². The third kappa shape index (κ3) is 6.06. The molecule has 0 spiro atoms. The van der Waals surface area contributed by atoms with Crippen molar-refractivity contribution in [2.75, 3.05) is 12.3 Å². The fourth-order valence-electron chi connectivity index (χ4n) is 1.74. The van der Waals surface area contributed by atoms with E-state index in [4.69, 9.17) is 5.73 Å². The molecule has 4 nitrogen and oxygen atoms in total. The number of hydrogen-bond donors (Lipinski definition) is 3. The first-order valence-electron chi connectivity index (χ1n) is 6.47. The summed E-state index contributed by atoms with van der Waals surface area (Å²) in [6.45, 7) is 3.98. The molecular formula is C15H22N2O2. The van der Waals surface area contributed by atoms with Gasteiger partial charge in [-0.2, -0.15) is 0 Å². The van der Waals surface area contributed by atoms with E-state index >= 15 is 0 Å². The number of benzene rings is 1. The molecule has 1 unspecified atom stereocenters. The second-order valence-electron chi connectivity index (χ2n) is 4.96. The van der Waals surface area contributed by atoms with Crippen LogP contribution in [0.25, 0.3) is 6.08 Å². The first-order chi connectivity index (χ1) is 8.93. The Bertz CT molecular complexity index is 436. The number of anilines is 1. The molecule has 104 valence electrons. The van der Waals surface area contributed by atoms with Crippen molar-refractivity contribution in [1.29, 1.82) is 0 Å². The van der Waals surface area contributed by atoms with Crippen molar-refractivity contribution in [3.8, 4) is 0 Å². The topological polar surface area (TPSA) is 75.3 Å². The maximum absolute atomic E-state index is 11.6. The number of carbonyl (C=O) groups excluding carboxylic acids is 1. The molecule has 0 aliphatic carbocycles. The molecule has 19 heavy (non-hydrogen) atoms. The van der Waals surface area contributed by atoms with E-state index in [0.29, 0.717) is 12.1 Å². The first-order valence-corrected chi connectivity index (χ1v) is 6.47. The van der Waals surface area contributed by atoms with Gasteiger partial charge in [-0.3, -0.25) is 4.79 Å². The van der Waals surface area contributed by atoms with Gasteiger partial charge in [0.1, 0.15) is 0 Å². The minimum Gasteiger partial charge on any atom is -0.399 e. The van der Waals surface area contributed by atoms with Gasteiger partial charge < -0.3 is 16.2 Å². The number of nitrogens with one attached hydrogen (secondary N) is 1. The molecule has 1 atom stereocenters. The Labute approximate surface area is 114 Å². The van der Waals surface area contributed by atoms with Crippen LogP contribution in [-0.4, -0.2) is 23.2 Å². The van der Waals surface area contributed by atoms with Gasteiger partial charge in [-0.25, -0.2) is 0 Å². The zero-order valence-corrected chi connectivity index (χ0v) is 11.5. The standard InChI is InChI=1S/C15H22N2O2/c1-3-10-15(2,19)11-17-14(18)9-6-12-4-7-13(16)8-5-12/h4-9,19H,3,10-11,16H2,1-2H3,(H,17,18)/b9-6+. The largest absolute Gasteiger partial charge is 0.399 e. The molecule has 0 bridgehead atoms. The number of nitrogen functional groups attached to an aromatic ring is 1. The molecule has 1 amide bonds. The monoisotopic (exact) mass is 262 g/mol. The van der Waals surface area contributed by atoms with Crippen LogP contribution >= 0.6 is 0 Å². The second-order valence-corrected chi connectivity index (χ2v) is 4.96. The van der Waals surface area contributed by atoms with Crippen molar-refractivity contribution in [2.45, 2.75) is 32.3 Å². The predicted molar refractivity (Wildman–Crippen MR) is 78.4 cm³/mol. The molecule has 0 saturated heterocycles. The fourth-order valence-corrected chi connectivity index (χ4v) is 1.74. The average molecular weight is 262 g/mol. The zero-order chi connectivity index (χ0) is 14.3. The first kappa shape index (κ1) is 15.2. The molecule has 1 aromatic rings. The highest BCUT2D eigenvalue weighted by molar-refractivity contribution is 5.91. The van der Waals surface area contributed by atoms with Crippen LogP contribution in [0.3, 0.4) is 0 Å². The van der Waals surface area contributed by atoms with Crippen molar-refractivity contribution >= 4 is 17.7 Å². The Hall–Kier alpha value is -1.81. The number of hydrogen-bond acceptors (Lipinski definition) is 3. The number of nitrogens with two attached hydrogens (primary N) is 1. The van der Waals surface area contributed by atoms with Crippen molar-refractivity contribution < 1.29 is 9.90 Å². The SMILES string of the molecule is CCCC(C)(O)CNC(=O)/C=C/c1ccc(N)cc1. The molecule has 0 saturated carbocycles. The Balaban J connectivity index is 2.45. The van der Waals surface area contributed by atoms with Gasteiger partial charge in [-0.15, -0.1) is 0 Å². The number of aliphatic hydroxyl groups is 1. The van der Waals surface area contributed by atoms with Gasteiger partial charge in [0, 0.05) is 18.3 Å². The summed E-state index contributed by atoms with van der Waals surface area (Å²) in [5.41, 5.74) is 6.33. The molecular weight excluding hydrogens is 240 g/mol. The quantitative estimate of drug-likeness (QED) is 0.542. The van der Waals surface area contributed by atoms with Gasteiger partial charge in [0.15, 0.2) is 0 Å². The Morgan fingerprint density at radius 3 is 2.63 bits per heavy atom. The number of rotatable bonds is 6. The van der Waals surface area contributed by atoms with Gasteiger partial charge in [-0.1, -0.05) is 25.5 Å². The predicted octanol–water partition coefficient (Wildman–Crippen LogP) is 1.95. The molecule has 1 aromatic carbocycles. The van der Waals surface area contributed by atoms with Crippen molar-refractivity contribution in [3.05, 3.63) is 35.9 Å². The van der Waals surface area contributed by atoms with E-state index < -0.39 is 5.60 Å². The molecule has 0 heterocycles. The molecule has 0 aliphatic heterocycles. The van der Waals surface area contributed by atoms with Crippen LogP contribution in [0.2, 0.25) is 0 Å². The Morgan fingerprint density at radius 1 is 1.42 bits per heavy atom. The molecule has 0 fully saturated rings. The van der Waals surface area contributed by atoms with E-state index in [1.807, 2.05) is 19.1 Å². The average Bonchev–Trinajstić information content (AvgIpc) is 2.36. The zero-order valence-electron chi connectivity index (χ0n) is 11.5. The summed E-state index contributed by atoms with van der Waals surface area (Å²) < 4.78 is 0. The Morgan fingerprint density at radius 2 is 2.05 bits per heavy atom. The summed E-state index contributed by atoms with van der Waals surface area (Å²) in [4.78, 5) is 11.6. The lowest BCUT2D eigenvalue weighted by atomic mass is 10.0. The summed E-state index contributed by atoms with van der Waals surface area (Å²) in [6.07, 6.45) is 4.70. The lowest BCUT2D eigenvalue weighted by Gasteiger charge is -2.22. The molecule has 4 N–H and O–H groups in total. The Kier molecular flexibility index (Phi) is 5.57. The summed E-state index contributed by atoms with van der Waals surface area (Å²) in [6, 6.07) is 7.24. The van der Waals surface area contributed by atoms with Crippen molar-refractivity contribution in [2.24, 2.45) is 0 Å². The van der Waals surface area contributed by atoms with E-state index in [9.17, 15) is 9.90 Å². The van der Waals surface area contributed by atoms with E-state index in [1.165, 1.54) is 6.08 Å². The van der Waals surface area contributed by atoms with Crippen LogP contribution in [0.15, 0.2) is 30.3 Å². The number of carbonyl (C=O) groups is 1. The number of amides is 1. The van der Waals surface area contributed by atoms with Crippen LogP contribution in [0.4, 0.5) is 5.69 Å². The van der Waals surface area contributed by atoms with Gasteiger partial charge in [0.25, 0.3) is 0 Å². The summed E-state index contributed by atoms with van der Waals surface area (Å²) in [7, 11) is 0. The molecule has 4 heteroatoms. The van der Waals surface area contributed by atoms with Crippen LogP contribution in [0, 0.1) is 0 Å². The maximum Gasteiger partial charge on any atom is 0.244 e. The van der Waals surface area contributed by atoms with E-state index in [-0.39, 0.29) is 12.5 Å². The third-order valence-electron chi connectivity index (χ3n) is 2.80. The maximum atomic E-state index is 11.6. The highest BCUT2D eigenvalue weighted by Gasteiger charge is 2.18. The fraction of sp³-hybridized carbons (Fsp3) is 0.400. The van der Waals surface area contributed by atoms with Crippen LogP contribution < -0.4 is 11.1 Å². The highest BCUT2D eigenvalue weighted by atomic mass is 16.3. The van der Waals surface area contributed by atoms with Crippen molar-refractivity contribution in [3.63, 3.8) is 0 Å². The minimum atomic E-state index is -0.848. The van der Waals surface area contributed by atoms with Crippen LogP contribution in [0.5, 0.6) is 0 Å². The van der Waals surface area contributed by atoms with Crippen LogP contribution in [-0.2, 0) is 4.79 Å². The molecule has 0 aliphatic rings. The second kappa shape index (κ2) is 6.95. The van der Waals surface area contributed by atoms with Crippen molar-refractivity contribution in [1.82, 2.24) is 5.32 Å². The molecule has 1 rings (SSSR count). The summed E-state index contributed by atoms with van der Waals surface area (Å²) in [5, 5.41) is 12.6. The minimum absolute atomic E-state index is 0.215. The van der Waals surface area contributed by atoms with E-state index in [0.717, 1.165) is 12.0 Å². The molecule has 0 aromatic heterocycles. The van der Waals surface area contributed by atoms with Gasteiger partial charge in [-0.05, 0) is 37.1 Å². The summed E-state index contributed by atoms with van der Waals surface area (Å²) in [5.74, 6) is -0.215. The normalized spacial score (nSPS) is 14.3. The lowest BCUT2D eigenvalue weighted by Crippen LogP contribution is -2.39. The van der Waals surface area contributed by atoms with Gasteiger partial charge >= 0.3 is 0 Å². The highest BCUT2D eigenvalue weighted by Crippen LogP contribution is 2.10. The lowest BCUT2D eigenvalue weighted by molar-refractivity contribution is -0.117. The van der Waals surface area contributed by atoms with Gasteiger partial charge in [0.2, 0.25) is 5.91 Å². The van der Waals surface area contributed by atoms with E-state index in [1.54, 1.807) is 25.1 Å². The van der Waals surface area contributed by atoms with Gasteiger partial charge in [0.05, 0.1) is 5.60 Å².